The van der Waals surface area contributed by atoms with Crippen LogP contribution in [0, 0.1) is 0 Å². The van der Waals surface area contributed by atoms with E-state index in [9.17, 15) is 9.59 Å². The van der Waals surface area contributed by atoms with Gasteiger partial charge in [-0.3, -0.25) is 9.59 Å². The molecule has 0 saturated heterocycles. The Kier molecular flexibility index (Phi) is 2.09. The standard InChI is InChI=1S/C8H7NO3/c9-8(12)6-1-5(4-10)2-7(11)3-6/h1-4,11H,(H2,9,12). The zero-order valence-electron chi connectivity index (χ0n) is 6.15. The van der Waals surface area contributed by atoms with Gasteiger partial charge in [0.15, 0.2) is 0 Å². The zero-order chi connectivity index (χ0) is 9.14. The lowest BCUT2D eigenvalue weighted by molar-refractivity contribution is 0.1000. The summed E-state index contributed by atoms with van der Waals surface area (Å²) in [5.74, 6) is -0.817. The van der Waals surface area contributed by atoms with Crippen LogP contribution in [0.4, 0.5) is 0 Å². The molecule has 1 aromatic rings. The van der Waals surface area contributed by atoms with Crippen molar-refractivity contribution in [1.82, 2.24) is 0 Å². The molecule has 1 aromatic carbocycles. The normalized spacial score (nSPS) is 9.33. The molecule has 0 radical (unpaired) electrons. The van der Waals surface area contributed by atoms with Crippen LogP contribution in [0.5, 0.6) is 5.75 Å². The molecule has 0 saturated carbocycles. The van der Waals surface area contributed by atoms with Crippen molar-refractivity contribution in [2.24, 2.45) is 5.73 Å². The molecule has 1 amide bonds. The number of aldehydes is 1. The molecule has 0 heterocycles. The number of aromatic hydroxyl groups is 1. The topological polar surface area (TPSA) is 80.4 Å². The van der Waals surface area contributed by atoms with Gasteiger partial charge < -0.3 is 10.8 Å². The minimum atomic E-state index is -0.672. The molecule has 0 aliphatic heterocycles. The fraction of sp³-hybridized carbons (Fsp3) is 0. The Bertz CT molecular complexity index is 333. The summed E-state index contributed by atoms with van der Waals surface area (Å²) in [4.78, 5) is 20.9. The molecular formula is C8H7NO3. The molecule has 4 nitrogen and oxygen atoms in total. The van der Waals surface area contributed by atoms with Crippen LogP contribution in [0.2, 0.25) is 0 Å². The van der Waals surface area contributed by atoms with Gasteiger partial charge in [0.2, 0.25) is 5.91 Å². The first kappa shape index (κ1) is 8.26. The number of benzene rings is 1. The van der Waals surface area contributed by atoms with Crippen molar-refractivity contribution in [1.29, 1.82) is 0 Å². The first-order valence-electron chi connectivity index (χ1n) is 3.22. The highest BCUT2D eigenvalue weighted by atomic mass is 16.3. The van der Waals surface area contributed by atoms with E-state index in [4.69, 9.17) is 10.8 Å². The second-order valence-electron chi connectivity index (χ2n) is 2.30. The molecule has 62 valence electrons. The molecule has 3 N–H and O–H groups in total. The summed E-state index contributed by atoms with van der Waals surface area (Å²) in [5.41, 5.74) is 5.29. The fourth-order valence-electron chi connectivity index (χ4n) is 0.845. The van der Waals surface area contributed by atoms with Gasteiger partial charge in [0.05, 0.1) is 0 Å². The summed E-state index contributed by atoms with van der Waals surface area (Å²) in [7, 11) is 0. The quantitative estimate of drug-likeness (QED) is 0.618. The van der Waals surface area contributed by atoms with Gasteiger partial charge in [-0.25, -0.2) is 0 Å². The number of carbonyl (C=O) groups is 2. The van der Waals surface area contributed by atoms with Crippen LogP contribution in [0.25, 0.3) is 0 Å². The van der Waals surface area contributed by atoms with Crippen LogP contribution >= 0.6 is 0 Å². The van der Waals surface area contributed by atoms with Crippen molar-refractivity contribution in [3.05, 3.63) is 29.3 Å². The molecule has 0 unspecified atom stereocenters. The van der Waals surface area contributed by atoms with Crippen LogP contribution in [0.15, 0.2) is 18.2 Å². The van der Waals surface area contributed by atoms with E-state index in [0.29, 0.717) is 6.29 Å². The van der Waals surface area contributed by atoms with Gasteiger partial charge >= 0.3 is 0 Å². The molecule has 0 aromatic heterocycles. The van der Waals surface area contributed by atoms with E-state index in [0.717, 1.165) is 0 Å². The fourth-order valence-corrected chi connectivity index (χ4v) is 0.845. The van der Waals surface area contributed by atoms with Crippen molar-refractivity contribution in [3.8, 4) is 5.75 Å². The number of rotatable bonds is 2. The van der Waals surface area contributed by atoms with Gasteiger partial charge in [0, 0.05) is 11.1 Å². The molecule has 0 spiro atoms. The lowest BCUT2D eigenvalue weighted by Crippen LogP contribution is -2.10. The number of hydrogen-bond donors (Lipinski definition) is 2. The molecule has 12 heavy (non-hydrogen) atoms. The van der Waals surface area contributed by atoms with Crippen LogP contribution in [0.1, 0.15) is 20.7 Å². The second kappa shape index (κ2) is 3.04. The summed E-state index contributed by atoms with van der Waals surface area (Å²) in [6, 6.07) is 3.77. The third-order valence-electron chi connectivity index (χ3n) is 1.36. The van der Waals surface area contributed by atoms with Gasteiger partial charge in [-0.05, 0) is 18.2 Å². The van der Waals surface area contributed by atoms with Crippen molar-refractivity contribution >= 4 is 12.2 Å². The third kappa shape index (κ3) is 1.60. The van der Waals surface area contributed by atoms with Gasteiger partial charge in [-0.15, -0.1) is 0 Å². The van der Waals surface area contributed by atoms with Crippen molar-refractivity contribution < 1.29 is 14.7 Å². The molecule has 1 rings (SSSR count). The highest BCUT2D eigenvalue weighted by Gasteiger charge is 2.03. The number of phenolic OH excluding ortho intramolecular Hbond substituents is 1. The summed E-state index contributed by atoms with van der Waals surface area (Å²) in [6.45, 7) is 0. The first-order chi connectivity index (χ1) is 5.63. The van der Waals surface area contributed by atoms with E-state index in [1.54, 1.807) is 0 Å². The lowest BCUT2D eigenvalue weighted by atomic mass is 10.1. The van der Waals surface area contributed by atoms with E-state index >= 15 is 0 Å². The second-order valence-corrected chi connectivity index (χ2v) is 2.30. The molecule has 0 aliphatic carbocycles. The average molecular weight is 165 g/mol. The van der Waals surface area contributed by atoms with Crippen molar-refractivity contribution in [2.45, 2.75) is 0 Å². The van der Waals surface area contributed by atoms with E-state index in [1.165, 1.54) is 18.2 Å². The predicted octanol–water partition coefficient (Wildman–Crippen LogP) is 0.304. The predicted molar refractivity (Wildman–Crippen MR) is 42.0 cm³/mol. The van der Waals surface area contributed by atoms with Crippen LogP contribution in [-0.4, -0.2) is 17.3 Å². The Labute approximate surface area is 68.6 Å². The molecule has 0 fully saturated rings. The number of nitrogens with two attached hydrogens (primary N) is 1. The summed E-state index contributed by atoms with van der Waals surface area (Å²) >= 11 is 0. The zero-order valence-corrected chi connectivity index (χ0v) is 6.15. The molecule has 4 heteroatoms. The van der Waals surface area contributed by atoms with Gasteiger partial charge in [0.25, 0.3) is 0 Å². The molecular weight excluding hydrogens is 158 g/mol. The van der Waals surface area contributed by atoms with Crippen molar-refractivity contribution in [2.75, 3.05) is 0 Å². The third-order valence-corrected chi connectivity index (χ3v) is 1.36. The minimum Gasteiger partial charge on any atom is -0.508 e. The van der Waals surface area contributed by atoms with E-state index in [2.05, 4.69) is 0 Å². The average Bonchev–Trinajstić information content (AvgIpc) is 2.03. The molecule has 0 atom stereocenters. The van der Waals surface area contributed by atoms with Crippen LogP contribution in [0.3, 0.4) is 0 Å². The Hall–Kier alpha value is -1.84. The minimum absolute atomic E-state index is 0.122. The largest absolute Gasteiger partial charge is 0.508 e. The van der Waals surface area contributed by atoms with Gasteiger partial charge in [0.1, 0.15) is 12.0 Å². The monoisotopic (exact) mass is 165 g/mol. The number of phenols is 1. The number of amides is 1. The Morgan fingerprint density at radius 3 is 2.58 bits per heavy atom. The summed E-state index contributed by atoms with van der Waals surface area (Å²) in [5, 5.41) is 9.01. The number of carbonyl (C=O) groups excluding carboxylic acids is 2. The number of primary amides is 1. The van der Waals surface area contributed by atoms with E-state index in [1.807, 2.05) is 0 Å². The highest BCUT2D eigenvalue weighted by Crippen LogP contribution is 2.13. The summed E-state index contributed by atoms with van der Waals surface area (Å²) in [6.07, 6.45) is 0.534. The highest BCUT2D eigenvalue weighted by molar-refractivity contribution is 5.95. The van der Waals surface area contributed by atoms with Crippen molar-refractivity contribution in [3.63, 3.8) is 0 Å². The maximum atomic E-state index is 10.6. The maximum Gasteiger partial charge on any atom is 0.248 e. The number of hydrogen-bond acceptors (Lipinski definition) is 3. The lowest BCUT2D eigenvalue weighted by Gasteiger charge is -1.97. The summed E-state index contributed by atoms with van der Waals surface area (Å²) < 4.78 is 0. The van der Waals surface area contributed by atoms with E-state index < -0.39 is 5.91 Å². The van der Waals surface area contributed by atoms with Gasteiger partial charge in [-0.1, -0.05) is 0 Å². The van der Waals surface area contributed by atoms with Crippen LogP contribution < -0.4 is 5.73 Å². The molecule has 0 aliphatic rings. The maximum absolute atomic E-state index is 10.6. The molecule has 0 bridgehead atoms. The smallest absolute Gasteiger partial charge is 0.248 e. The van der Waals surface area contributed by atoms with E-state index in [-0.39, 0.29) is 16.9 Å². The van der Waals surface area contributed by atoms with Crippen LogP contribution in [-0.2, 0) is 0 Å². The first-order valence-corrected chi connectivity index (χ1v) is 3.22. The Morgan fingerprint density at radius 2 is 2.08 bits per heavy atom. The van der Waals surface area contributed by atoms with Gasteiger partial charge in [-0.2, -0.15) is 0 Å². The SMILES string of the molecule is NC(=O)c1cc(O)cc(C=O)c1. The Balaban J connectivity index is 3.23. The Morgan fingerprint density at radius 1 is 1.42 bits per heavy atom.